The van der Waals surface area contributed by atoms with Crippen LogP contribution >= 0.6 is 0 Å². The van der Waals surface area contributed by atoms with Crippen molar-refractivity contribution in [1.29, 1.82) is 0 Å². The Bertz CT molecular complexity index is 1170. The molecular formula is C28H27NO8. The fourth-order valence-electron chi connectivity index (χ4n) is 3.33. The van der Waals surface area contributed by atoms with Crippen LogP contribution in [-0.2, 0) is 23.8 Å². The van der Waals surface area contributed by atoms with E-state index >= 15 is 0 Å². The number of carbonyl (C=O) groups is 3. The molecule has 0 aliphatic rings. The molecule has 0 radical (unpaired) electrons. The zero-order valence-electron chi connectivity index (χ0n) is 20.4. The van der Waals surface area contributed by atoms with E-state index in [1.54, 1.807) is 91.0 Å². The molecule has 0 heterocycles. The first-order chi connectivity index (χ1) is 18.0. The van der Waals surface area contributed by atoms with E-state index in [1.165, 1.54) is 14.2 Å². The van der Waals surface area contributed by atoms with Gasteiger partial charge in [-0.3, -0.25) is 0 Å². The van der Waals surface area contributed by atoms with Crippen molar-refractivity contribution in [1.82, 2.24) is 0 Å². The number of hydrogen-bond donors (Lipinski definition) is 0. The quantitative estimate of drug-likeness (QED) is 0.158. The van der Waals surface area contributed by atoms with Crippen molar-refractivity contribution >= 4 is 24.1 Å². The Hall–Kier alpha value is -4.50. The van der Waals surface area contributed by atoms with Crippen molar-refractivity contribution in [3.05, 3.63) is 108 Å². The standard InChI is InChI=1S/C28H27NO8/c1-33-19-24(36-27(31)21-14-8-4-9-15-21)25(37-28(32)22-16-10-5-11-17-22)23(18-29-34-2)35-26(30)20-12-6-3-7-13-20/h3-18,23-25H,19H2,1-2H3/b29-18+/t23-,24+,25+/m0/s1. The number of benzene rings is 3. The third kappa shape index (κ3) is 8.01. The summed E-state index contributed by atoms with van der Waals surface area (Å²) >= 11 is 0. The van der Waals surface area contributed by atoms with E-state index in [2.05, 4.69) is 5.16 Å². The Morgan fingerprint density at radius 1 is 0.676 bits per heavy atom. The highest BCUT2D eigenvalue weighted by Crippen LogP contribution is 2.19. The minimum Gasteiger partial charge on any atom is -0.452 e. The summed E-state index contributed by atoms with van der Waals surface area (Å²) in [6.07, 6.45) is -2.67. The lowest BCUT2D eigenvalue weighted by atomic mass is 10.1. The minimum absolute atomic E-state index is 0.175. The minimum atomic E-state index is -1.34. The maximum absolute atomic E-state index is 13.0. The molecule has 0 unspecified atom stereocenters. The van der Waals surface area contributed by atoms with Crippen LogP contribution in [0.5, 0.6) is 0 Å². The van der Waals surface area contributed by atoms with Gasteiger partial charge in [0.2, 0.25) is 0 Å². The van der Waals surface area contributed by atoms with Gasteiger partial charge in [-0.1, -0.05) is 59.8 Å². The van der Waals surface area contributed by atoms with E-state index in [1.807, 2.05) is 0 Å². The van der Waals surface area contributed by atoms with Gasteiger partial charge in [-0.25, -0.2) is 14.4 Å². The number of hydrogen-bond acceptors (Lipinski definition) is 9. The maximum atomic E-state index is 13.0. The molecule has 0 bridgehead atoms. The van der Waals surface area contributed by atoms with E-state index in [0.717, 1.165) is 6.21 Å². The van der Waals surface area contributed by atoms with Crippen molar-refractivity contribution in [2.45, 2.75) is 18.3 Å². The summed E-state index contributed by atoms with van der Waals surface area (Å²) in [6, 6.07) is 24.8. The lowest BCUT2D eigenvalue weighted by molar-refractivity contribution is -0.0880. The second-order valence-corrected chi connectivity index (χ2v) is 7.67. The SMILES string of the molecule is COC[C@@H](OC(=O)c1ccccc1)[C@H](OC(=O)c1ccccc1)[C@H](/C=N/OC)OC(=O)c1ccccc1. The highest BCUT2D eigenvalue weighted by Gasteiger charge is 2.38. The summed E-state index contributed by atoms with van der Waals surface area (Å²) < 4.78 is 22.4. The first-order valence-electron chi connectivity index (χ1n) is 11.4. The van der Waals surface area contributed by atoms with E-state index in [-0.39, 0.29) is 23.3 Å². The average molecular weight is 506 g/mol. The van der Waals surface area contributed by atoms with E-state index < -0.39 is 36.2 Å². The summed E-state index contributed by atoms with van der Waals surface area (Å²) in [6.45, 7) is -0.175. The van der Waals surface area contributed by atoms with Gasteiger partial charge < -0.3 is 23.8 Å². The summed E-state index contributed by atoms with van der Waals surface area (Å²) in [7, 11) is 2.70. The van der Waals surface area contributed by atoms with Gasteiger partial charge in [0.05, 0.1) is 29.5 Å². The molecule has 0 aliphatic heterocycles. The molecule has 3 atom stereocenters. The summed E-state index contributed by atoms with van der Waals surface area (Å²) in [5, 5.41) is 3.72. The summed E-state index contributed by atoms with van der Waals surface area (Å²) in [4.78, 5) is 43.6. The van der Waals surface area contributed by atoms with Gasteiger partial charge in [0, 0.05) is 7.11 Å². The highest BCUT2D eigenvalue weighted by molar-refractivity contribution is 5.92. The monoisotopic (exact) mass is 505 g/mol. The van der Waals surface area contributed by atoms with E-state index in [4.69, 9.17) is 23.8 Å². The zero-order valence-corrected chi connectivity index (χ0v) is 20.4. The number of nitrogens with zero attached hydrogens (tertiary/aromatic N) is 1. The van der Waals surface area contributed by atoms with Gasteiger partial charge in [0.15, 0.2) is 18.3 Å². The molecule has 0 amide bonds. The second kappa shape index (κ2) is 14.2. The van der Waals surface area contributed by atoms with Crippen LogP contribution in [0, 0.1) is 0 Å². The first kappa shape index (κ1) is 27.1. The van der Waals surface area contributed by atoms with Crippen LogP contribution in [0.1, 0.15) is 31.1 Å². The molecule has 0 aromatic heterocycles. The molecule has 0 spiro atoms. The van der Waals surface area contributed by atoms with Gasteiger partial charge in [-0.15, -0.1) is 0 Å². The van der Waals surface area contributed by atoms with Crippen molar-refractivity contribution in [3.8, 4) is 0 Å². The van der Waals surface area contributed by atoms with Crippen LogP contribution in [0.25, 0.3) is 0 Å². The third-order valence-electron chi connectivity index (χ3n) is 5.11. The number of rotatable bonds is 12. The molecule has 9 nitrogen and oxygen atoms in total. The summed E-state index contributed by atoms with van der Waals surface area (Å²) in [5.41, 5.74) is 0.783. The van der Waals surface area contributed by atoms with Gasteiger partial charge in [-0.05, 0) is 36.4 Å². The van der Waals surface area contributed by atoms with Gasteiger partial charge in [0.25, 0.3) is 0 Å². The molecule has 37 heavy (non-hydrogen) atoms. The number of esters is 3. The van der Waals surface area contributed by atoms with Crippen molar-refractivity contribution < 1.29 is 38.2 Å². The lowest BCUT2D eigenvalue weighted by Crippen LogP contribution is -2.48. The Balaban J connectivity index is 1.96. The number of carbonyl (C=O) groups excluding carboxylic acids is 3. The van der Waals surface area contributed by atoms with Gasteiger partial charge in [0.1, 0.15) is 7.11 Å². The molecule has 0 aliphatic carbocycles. The molecule has 0 fully saturated rings. The van der Waals surface area contributed by atoms with E-state index in [0.29, 0.717) is 0 Å². The molecule has 0 saturated carbocycles. The van der Waals surface area contributed by atoms with Gasteiger partial charge >= 0.3 is 17.9 Å². The van der Waals surface area contributed by atoms with Crippen LogP contribution in [0.3, 0.4) is 0 Å². The van der Waals surface area contributed by atoms with Crippen LogP contribution < -0.4 is 0 Å². The number of methoxy groups -OCH3 is 1. The molecule has 0 N–H and O–H groups in total. The number of oxime groups is 1. The number of ether oxygens (including phenoxy) is 4. The third-order valence-corrected chi connectivity index (χ3v) is 5.11. The first-order valence-corrected chi connectivity index (χ1v) is 11.4. The predicted octanol–water partition coefficient (Wildman–Crippen LogP) is 3.94. The average Bonchev–Trinajstić information content (AvgIpc) is 2.95. The van der Waals surface area contributed by atoms with E-state index in [9.17, 15) is 14.4 Å². The molecule has 3 rings (SSSR count). The maximum Gasteiger partial charge on any atom is 0.338 e. The fourth-order valence-corrected chi connectivity index (χ4v) is 3.33. The molecule has 3 aromatic carbocycles. The summed E-state index contributed by atoms with van der Waals surface area (Å²) in [5.74, 6) is -2.12. The largest absolute Gasteiger partial charge is 0.452 e. The van der Waals surface area contributed by atoms with Crippen LogP contribution in [-0.4, -0.2) is 63.3 Å². The molecule has 0 saturated heterocycles. The lowest BCUT2D eigenvalue weighted by Gasteiger charge is -2.30. The Labute approximate surface area is 214 Å². The predicted molar refractivity (Wildman–Crippen MR) is 134 cm³/mol. The molecule has 3 aromatic rings. The second-order valence-electron chi connectivity index (χ2n) is 7.67. The van der Waals surface area contributed by atoms with Crippen LogP contribution in [0.2, 0.25) is 0 Å². The molecule has 192 valence electrons. The topological polar surface area (TPSA) is 110 Å². The molecular weight excluding hydrogens is 478 g/mol. The Morgan fingerprint density at radius 2 is 1.11 bits per heavy atom. The normalized spacial score (nSPS) is 13.2. The van der Waals surface area contributed by atoms with Crippen LogP contribution in [0.4, 0.5) is 0 Å². The smallest absolute Gasteiger partial charge is 0.338 e. The molecule has 9 heteroatoms. The van der Waals surface area contributed by atoms with Gasteiger partial charge in [-0.2, -0.15) is 0 Å². The Morgan fingerprint density at radius 3 is 1.54 bits per heavy atom. The van der Waals surface area contributed by atoms with Crippen molar-refractivity contribution in [2.75, 3.05) is 20.8 Å². The van der Waals surface area contributed by atoms with Crippen LogP contribution in [0.15, 0.2) is 96.2 Å². The van der Waals surface area contributed by atoms with Crippen molar-refractivity contribution in [3.63, 3.8) is 0 Å². The highest BCUT2D eigenvalue weighted by atomic mass is 16.6. The Kier molecular flexibility index (Phi) is 10.4. The van der Waals surface area contributed by atoms with Crippen molar-refractivity contribution in [2.24, 2.45) is 5.16 Å². The fraction of sp³-hybridized carbons (Fsp3) is 0.214. The zero-order chi connectivity index (χ0) is 26.5.